The maximum Gasteiger partial charge on any atom is 0.122 e. The molecule has 0 heterocycles. The zero-order valence-electron chi connectivity index (χ0n) is 9.41. The van der Waals surface area contributed by atoms with Gasteiger partial charge >= 0.3 is 0 Å². The average molecular weight is 234 g/mol. The summed E-state index contributed by atoms with van der Waals surface area (Å²) in [5.74, 6) is 0.147. The summed E-state index contributed by atoms with van der Waals surface area (Å²) in [4.78, 5) is 1.30. The van der Waals surface area contributed by atoms with Gasteiger partial charge in [0, 0.05) is 15.7 Å². The summed E-state index contributed by atoms with van der Waals surface area (Å²) in [7, 11) is 0. The zero-order valence-corrected chi connectivity index (χ0v) is 10.2. The van der Waals surface area contributed by atoms with Crippen molar-refractivity contribution in [3.63, 3.8) is 0 Å². The molecule has 1 fully saturated rings. The fourth-order valence-electron chi connectivity index (χ4n) is 2.09. The molecular weight excluding hydrogens is 216 g/mol. The molecule has 2 rings (SSSR count). The lowest BCUT2D eigenvalue weighted by Gasteiger charge is -2.20. The lowest BCUT2D eigenvalue weighted by atomic mass is 10.0. The first kappa shape index (κ1) is 11.5. The fraction of sp³-hybridized carbons (Fsp3) is 0.462. The van der Waals surface area contributed by atoms with Crippen molar-refractivity contribution in [2.45, 2.75) is 42.2 Å². The highest BCUT2D eigenvalue weighted by Gasteiger charge is 2.14. The predicted octanol–water partition coefficient (Wildman–Crippen LogP) is 3.40. The van der Waals surface area contributed by atoms with Gasteiger partial charge in [-0.05, 0) is 25.0 Å². The van der Waals surface area contributed by atoms with Crippen LogP contribution in [0.15, 0.2) is 29.2 Å². The van der Waals surface area contributed by atoms with Gasteiger partial charge in [0.05, 0.1) is 0 Å². The molecular formula is C13H18N2S. The van der Waals surface area contributed by atoms with Gasteiger partial charge in [0.25, 0.3) is 0 Å². The number of thioether (sulfide) groups is 1. The van der Waals surface area contributed by atoms with Crippen molar-refractivity contribution < 1.29 is 0 Å². The molecule has 3 N–H and O–H groups in total. The third-order valence-electron chi connectivity index (χ3n) is 3.02. The van der Waals surface area contributed by atoms with Gasteiger partial charge in [-0.15, -0.1) is 11.8 Å². The SMILES string of the molecule is N=C(N)c1ccc(SC2CCCCC2)cc1. The number of nitrogen functional groups attached to an aromatic ring is 1. The van der Waals surface area contributed by atoms with Crippen LogP contribution in [0.3, 0.4) is 0 Å². The number of hydrogen-bond acceptors (Lipinski definition) is 2. The molecule has 0 unspecified atom stereocenters. The normalized spacial score (nSPS) is 17.2. The summed E-state index contributed by atoms with van der Waals surface area (Å²) in [6, 6.07) is 8.03. The van der Waals surface area contributed by atoms with Gasteiger partial charge in [-0.1, -0.05) is 31.4 Å². The molecule has 1 aliphatic carbocycles. The van der Waals surface area contributed by atoms with Gasteiger partial charge in [-0.3, -0.25) is 5.41 Å². The monoisotopic (exact) mass is 234 g/mol. The van der Waals surface area contributed by atoms with E-state index >= 15 is 0 Å². The molecule has 0 aliphatic heterocycles. The topological polar surface area (TPSA) is 49.9 Å². The van der Waals surface area contributed by atoms with E-state index in [1.165, 1.54) is 37.0 Å². The zero-order chi connectivity index (χ0) is 11.4. The molecule has 1 aromatic carbocycles. The molecule has 0 bridgehead atoms. The third kappa shape index (κ3) is 3.01. The first-order valence-electron chi connectivity index (χ1n) is 5.87. The van der Waals surface area contributed by atoms with Gasteiger partial charge in [0.15, 0.2) is 0 Å². The molecule has 16 heavy (non-hydrogen) atoms. The molecule has 3 heteroatoms. The van der Waals surface area contributed by atoms with Gasteiger partial charge in [-0.2, -0.15) is 0 Å². The van der Waals surface area contributed by atoms with Gasteiger partial charge in [0.1, 0.15) is 5.84 Å². The Hall–Kier alpha value is -0.960. The maximum absolute atomic E-state index is 7.33. The Balaban J connectivity index is 1.96. The van der Waals surface area contributed by atoms with Crippen LogP contribution in [0, 0.1) is 5.41 Å². The molecule has 0 atom stereocenters. The van der Waals surface area contributed by atoms with Gasteiger partial charge in [-0.25, -0.2) is 0 Å². The first-order chi connectivity index (χ1) is 7.75. The number of hydrogen-bond donors (Lipinski definition) is 2. The molecule has 0 aromatic heterocycles. The van der Waals surface area contributed by atoms with Crippen molar-refractivity contribution in [3.05, 3.63) is 29.8 Å². The van der Waals surface area contributed by atoms with Gasteiger partial charge in [0.2, 0.25) is 0 Å². The molecule has 1 aromatic rings. The highest BCUT2D eigenvalue weighted by molar-refractivity contribution is 8.00. The molecule has 2 nitrogen and oxygen atoms in total. The van der Waals surface area contributed by atoms with Crippen LogP contribution in [-0.4, -0.2) is 11.1 Å². The van der Waals surface area contributed by atoms with E-state index in [9.17, 15) is 0 Å². The summed E-state index contributed by atoms with van der Waals surface area (Å²) in [5.41, 5.74) is 6.24. The molecule has 0 radical (unpaired) electrons. The van der Waals surface area contributed by atoms with Crippen LogP contribution in [-0.2, 0) is 0 Å². The van der Waals surface area contributed by atoms with Crippen LogP contribution < -0.4 is 5.73 Å². The van der Waals surface area contributed by atoms with Crippen molar-refractivity contribution >= 4 is 17.6 Å². The van der Waals surface area contributed by atoms with Gasteiger partial charge < -0.3 is 5.73 Å². The van der Waals surface area contributed by atoms with Crippen molar-refractivity contribution in [1.82, 2.24) is 0 Å². The maximum atomic E-state index is 7.33. The molecule has 0 spiro atoms. The Morgan fingerprint density at radius 1 is 1.12 bits per heavy atom. The summed E-state index contributed by atoms with van der Waals surface area (Å²) in [5, 5.41) is 8.12. The summed E-state index contributed by atoms with van der Waals surface area (Å²) in [6.07, 6.45) is 6.85. The Kier molecular flexibility index (Phi) is 3.88. The number of nitrogens with one attached hydrogen (secondary N) is 1. The third-order valence-corrected chi connectivity index (χ3v) is 4.37. The van der Waals surface area contributed by atoms with Crippen LogP contribution in [0.5, 0.6) is 0 Å². The number of benzene rings is 1. The largest absolute Gasteiger partial charge is 0.384 e. The highest BCUT2D eigenvalue weighted by atomic mass is 32.2. The second-order valence-electron chi connectivity index (χ2n) is 4.32. The Morgan fingerprint density at radius 2 is 1.75 bits per heavy atom. The molecule has 1 aliphatic rings. The predicted molar refractivity (Wildman–Crippen MR) is 70.2 cm³/mol. The highest BCUT2D eigenvalue weighted by Crippen LogP contribution is 2.33. The van der Waals surface area contributed by atoms with E-state index in [0.717, 1.165) is 10.8 Å². The smallest absolute Gasteiger partial charge is 0.122 e. The minimum atomic E-state index is 0.147. The van der Waals surface area contributed by atoms with E-state index in [2.05, 4.69) is 12.1 Å². The molecule has 0 saturated heterocycles. The lowest BCUT2D eigenvalue weighted by Crippen LogP contribution is -2.10. The second-order valence-corrected chi connectivity index (χ2v) is 5.69. The molecule has 1 saturated carbocycles. The number of amidine groups is 1. The Morgan fingerprint density at radius 3 is 2.31 bits per heavy atom. The quantitative estimate of drug-likeness (QED) is 0.622. The van der Waals surface area contributed by atoms with E-state index in [1.807, 2.05) is 23.9 Å². The summed E-state index contributed by atoms with van der Waals surface area (Å²) < 4.78 is 0. The van der Waals surface area contributed by atoms with Crippen molar-refractivity contribution in [2.75, 3.05) is 0 Å². The first-order valence-corrected chi connectivity index (χ1v) is 6.75. The van der Waals surface area contributed by atoms with E-state index in [-0.39, 0.29) is 5.84 Å². The number of rotatable bonds is 3. The minimum absolute atomic E-state index is 0.147. The Bertz CT molecular complexity index is 353. The average Bonchev–Trinajstić information content (AvgIpc) is 2.31. The van der Waals surface area contributed by atoms with E-state index in [1.54, 1.807) is 0 Å². The van der Waals surface area contributed by atoms with Crippen LogP contribution >= 0.6 is 11.8 Å². The minimum Gasteiger partial charge on any atom is -0.384 e. The summed E-state index contributed by atoms with van der Waals surface area (Å²) >= 11 is 1.97. The second kappa shape index (κ2) is 5.39. The standard InChI is InChI=1S/C13H18N2S/c14-13(15)10-6-8-12(9-7-10)16-11-4-2-1-3-5-11/h6-9,11H,1-5H2,(H3,14,15). The van der Waals surface area contributed by atoms with E-state index < -0.39 is 0 Å². The summed E-state index contributed by atoms with van der Waals surface area (Å²) in [6.45, 7) is 0. The molecule has 86 valence electrons. The van der Waals surface area contributed by atoms with Crippen molar-refractivity contribution in [3.8, 4) is 0 Å². The Labute approximate surface area is 101 Å². The van der Waals surface area contributed by atoms with Crippen LogP contribution in [0.25, 0.3) is 0 Å². The van der Waals surface area contributed by atoms with Crippen LogP contribution in [0.1, 0.15) is 37.7 Å². The van der Waals surface area contributed by atoms with E-state index in [4.69, 9.17) is 11.1 Å². The van der Waals surface area contributed by atoms with E-state index in [0.29, 0.717) is 0 Å². The molecule has 0 amide bonds. The van der Waals surface area contributed by atoms with Crippen LogP contribution in [0.4, 0.5) is 0 Å². The number of nitrogens with two attached hydrogens (primary N) is 1. The van der Waals surface area contributed by atoms with Crippen molar-refractivity contribution in [2.24, 2.45) is 5.73 Å². The fourth-order valence-corrected chi connectivity index (χ4v) is 3.34. The van der Waals surface area contributed by atoms with Crippen LogP contribution in [0.2, 0.25) is 0 Å². The lowest BCUT2D eigenvalue weighted by molar-refractivity contribution is 0.516. The van der Waals surface area contributed by atoms with Crippen molar-refractivity contribution in [1.29, 1.82) is 5.41 Å².